The molecule has 3 rings (SSSR count). The lowest BCUT2D eigenvalue weighted by Gasteiger charge is -2.26. The third-order valence-electron chi connectivity index (χ3n) is 4.27. The Bertz CT molecular complexity index is 594. The first-order valence-electron chi connectivity index (χ1n) is 7.66. The van der Waals surface area contributed by atoms with Crippen molar-refractivity contribution in [3.8, 4) is 0 Å². The molecule has 0 saturated heterocycles. The average molecular weight is 353 g/mol. The summed E-state index contributed by atoms with van der Waals surface area (Å²) >= 11 is 3.43. The number of aliphatic hydroxyl groups is 1. The van der Waals surface area contributed by atoms with Crippen LogP contribution < -0.4 is 5.32 Å². The number of rotatable bonds is 5. The molecular weight excluding hydrogens is 332 g/mol. The predicted octanol–water partition coefficient (Wildman–Crippen LogP) is 3.24. The molecule has 0 aliphatic heterocycles. The molecule has 0 radical (unpaired) electrons. The van der Waals surface area contributed by atoms with Gasteiger partial charge in [-0.05, 0) is 47.2 Å². The molecule has 0 aromatic carbocycles. The number of nitrogens with zero attached hydrogens (tertiary/aromatic N) is 3. The summed E-state index contributed by atoms with van der Waals surface area (Å²) < 4.78 is 2.61. The molecule has 2 aromatic heterocycles. The molecule has 2 N–H and O–H groups in total. The third kappa shape index (κ3) is 3.55. The highest BCUT2D eigenvalue weighted by Crippen LogP contribution is 2.27. The Morgan fingerprint density at radius 1 is 1.38 bits per heavy atom. The highest BCUT2D eigenvalue weighted by Gasteiger charge is 2.21. The summed E-state index contributed by atoms with van der Waals surface area (Å²) in [7, 11) is 0. The second-order valence-electron chi connectivity index (χ2n) is 5.75. The Morgan fingerprint density at radius 2 is 2.19 bits per heavy atom. The smallest absolute Gasteiger partial charge is 0.171 e. The number of anilines is 1. The molecule has 6 heteroatoms. The Hall–Kier alpha value is -1.14. The van der Waals surface area contributed by atoms with Crippen LogP contribution in [0.3, 0.4) is 0 Å². The lowest BCUT2D eigenvalue weighted by molar-refractivity contribution is 0.0802. The maximum absolute atomic E-state index is 10.3. The normalized spacial score (nSPS) is 18.0. The first-order chi connectivity index (χ1) is 10.2. The van der Waals surface area contributed by atoms with Gasteiger partial charge < -0.3 is 10.4 Å². The van der Waals surface area contributed by atoms with E-state index in [1.54, 1.807) is 10.7 Å². The third-order valence-corrected chi connectivity index (χ3v) is 4.83. The van der Waals surface area contributed by atoms with Crippen LogP contribution in [0.25, 0.3) is 5.65 Å². The lowest BCUT2D eigenvalue weighted by atomic mass is 9.84. The fourth-order valence-electron chi connectivity index (χ4n) is 3.04. The first kappa shape index (κ1) is 14.8. The second kappa shape index (κ2) is 6.75. The van der Waals surface area contributed by atoms with E-state index in [2.05, 4.69) is 31.3 Å². The SMILES string of the molecule is OC(CCNc1ccn2ncc(Br)c2n1)C1CCCCC1. The minimum atomic E-state index is -0.191. The van der Waals surface area contributed by atoms with E-state index in [-0.39, 0.29) is 6.10 Å². The summed E-state index contributed by atoms with van der Waals surface area (Å²) in [6.45, 7) is 0.743. The van der Waals surface area contributed by atoms with Crippen molar-refractivity contribution in [2.24, 2.45) is 5.92 Å². The molecule has 1 aliphatic rings. The second-order valence-corrected chi connectivity index (χ2v) is 6.61. The van der Waals surface area contributed by atoms with Crippen LogP contribution in [0, 0.1) is 5.92 Å². The van der Waals surface area contributed by atoms with Gasteiger partial charge in [0.1, 0.15) is 5.82 Å². The number of aromatic nitrogens is 3. The Balaban J connectivity index is 1.52. The fraction of sp³-hybridized carbons (Fsp3) is 0.600. The Morgan fingerprint density at radius 3 is 3.00 bits per heavy atom. The van der Waals surface area contributed by atoms with Crippen LogP contribution in [0.2, 0.25) is 0 Å². The average Bonchev–Trinajstić information content (AvgIpc) is 2.89. The van der Waals surface area contributed by atoms with E-state index in [0.29, 0.717) is 5.92 Å². The maximum Gasteiger partial charge on any atom is 0.171 e. The fourth-order valence-corrected chi connectivity index (χ4v) is 3.40. The summed E-state index contributed by atoms with van der Waals surface area (Å²) in [5.41, 5.74) is 0.799. The molecule has 1 fully saturated rings. The van der Waals surface area contributed by atoms with Crippen molar-refractivity contribution in [1.29, 1.82) is 0 Å². The molecule has 1 saturated carbocycles. The van der Waals surface area contributed by atoms with Crippen LogP contribution in [-0.2, 0) is 0 Å². The van der Waals surface area contributed by atoms with Gasteiger partial charge in [0.05, 0.1) is 16.8 Å². The molecule has 0 spiro atoms. The van der Waals surface area contributed by atoms with Gasteiger partial charge in [-0.3, -0.25) is 0 Å². The standard InChI is InChI=1S/C15H21BrN4O/c16-12-10-18-20-9-7-14(19-15(12)20)17-8-6-13(21)11-4-2-1-3-5-11/h7,9-11,13,21H,1-6,8H2,(H,17,19). The van der Waals surface area contributed by atoms with E-state index >= 15 is 0 Å². The molecule has 0 bridgehead atoms. The zero-order valence-electron chi connectivity index (χ0n) is 12.0. The van der Waals surface area contributed by atoms with Gasteiger partial charge in [0.25, 0.3) is 0 Å². The van der Waals surface area contributed by atoms with Crippen LogP contribution in [0.5, 0.6) is 0 Å². The molecule has 1 unspecified atom stereocenters. The van der Waals surface area contributed by atoms with Gasteiger partial charge in [-0.2, -0.15) is 5.10 Å². The van der Waals surface area contributed by atoms with Crippen molar-refractivity contribution in [2.45, 2.75) is 44.6 Å². The molecule has 0 amide bonds. The molecule has 1 aliphatic carbocycles. The Kier molecular flexibility index (Phi) is 4.75. The van der Waals surface area contributed by atoms with Gasteiger partial charge in [-0.15, -0.1) is 0 Å². The van der Waals surface area contributed by atoms with E-state index in [1.165, 1.54) is 32.1 Å². The zero-order chi connectivity index (χ0) is 14.7. The van der Waals surface area contributed by atoms with Crippen molar-refractivity contribution in [3.63, 3.8) is 0 Å². The summed E-state index contributed by atoms with van der Waals surface area (Å²) in [6, 6.07) is 1.90. The molecule has 114 valence electrons. The summed E-state index contributed by atoms with van der Waals surface area (Å²) in [6.07, 6.45) is 10.4. The van der Waals surface area contributed by atoms with Crippen molar-refractivity contribution in [2.75, 3.05) is 11.9 Å². The van der Waals surface area contributed by atoms with Crippen molar-refractivity contribution in [1.82, 2.24) is 14.6 Å². The van der Waals surface area contributed by atoms with Gasteiger partial charge in [0.15, 0.2) is 5.65 Å². The number of aliphatic hydroxyl groups excluding tert-OH is 1. The van der Waals surface area contributed by atoms with Crippen LogP contribution >= 0.6 is 15.9 Å². The molecule has 2 heterocycles. The van der Waals surface area contributed by atoms with Gasteiger partial charge in [-0.1, -0.05) is 19.3 Å². The number of nitrogens with one attached hydrogen (secondary N) is 1. The lowest BCUT2D eigenvalue weighted by Crippen LogP contribution is -2.25. The van der Waals surface area contributed by atoms with Crippen molar-refractivity contribution >= 4 is 27.4 Å². The number of hydrogen-bond donors (Lipinski definition) is 2. The van der Waals surface area contributed by atoms with E-state index in [0.717, 1.165) is 28.9 Å². The molecule has 21 heavy (non-hydrogen) atoms. The summed E-state index contributed by atoms with van der Waals surface area (Å²) in [4.78, 5) is 4.50. The van der Waals surface area contributed by atoms with Crippen LogP contribution in [0.15, 0.2) is 22.9 Å². The number of halogens is 1. The van der Waals surface area contributed by atoms with Crippen molar-refractivity contribution in [3.05, 3.63) is 22.9 Å². The summed E-state index contributed by atoms with van der Waals surface area (Å²) in [5.74, 6) is 1.31. The maximum atomic E-state index is 10.3. The van der Waals surface area contributed by atoms with E-state index in [9.17, 15) is 5.11 Å². The van der Waals surface area contributed by atoms with Gasteiger partial charge in [0, 0.05) is 12.7 Å². The zero-order valence-corrected chi connectivity index (χ0v) is 13.6. The number of hydrogen-bond acceptors (Lipinski definition) is 4. The minimum Gasteiger partial charge on any atom is -0.393 e. The highest BCUT2D eigenvalue weighted by atomic mass is 79.9. The van der Waals surface area contributed by atoms with Gasteiger partial charge in [0.2, 0.25) is 0 Å². The summed E-state index contributed by atoms with van der Waals surface area (Å²) in [5, 5.41) is 17.7. The molecule has 5 nitrogen and oxygen atoms in total. The van der Waals surface area contributed by atoms with Gasteiger partial charge in [-0.25, -0.2) is 9.50 Å². The minimum absolute atomic E-state index is 0.191. The molecular formula is C15H21BrN4O. The van der Waals surface area contributed by atoms with Crippen molar-refractivity contribution < 1.29 is 5.11 Å². The first-order valence-corrected chi connectivity index (χ1v) is 8.45. The van der Waals surface area contributed by atoms with E-state index in [1.807, 2.05) is 12.3 Å². The largest absolute Gasteiger partial charge is 0.393 e. The predicted molar refractivity (Wildman–Crippen MR) is 86.4 cm³/mol. The molecule has 2 aromatic rings. The highest BCUT2D eigenvalue weighted by molar-refractivity contribution is 9.10. The number of fused-ring (bicyclic) bond motifs is 1. The van der Waals surface area contributed by atoms with Gasteiger partial charge >= 0.3 is 0 Å². The van der Waals surface area contributed by atoms with Crippen LogP contribution in [0.1, 0.15) is 38.5 Å². The quantitative estimate of drug-likeness (QED) is 0.866. The van der Waals surface area contributed by atoms with Crippen LogP contribution in [-0.4, -0.2) is 32.4 Å². The topological polar surface area (TPSA) is 62.5 Å². The van der Waals surface area contributed by atoms with Crippen LogP contribution in [0.4, 0.5) is 5.82 Å². The Labute approximate surface area is 132 Å². The van der Waals surface area contributed by atoms with E-state index in [4.69, 9.17) is 0 Å². The van der Waals surface area contributed by atoms with E-state index < -0.39 is 0 Å². The monoisotopic (exact) mass is 352 g/mol. The molecule has 1 atom stereocenters.